The smallest absolute Gasteiger partial charge is 0.471 e. The van der Waals surface area contributed by atoms with E-state index in [1.807, 2.05) is 0 Å². The van der Waals surface area contributed by atoms with Crippen molar-refractivity contribution in [2.75, 3.05) is 13.2 Å². The van der Waals surface area contributed by atoms with Crippen molar-refractivity contribution in [3.8, 4) is 11.5 Å². The normalized spacial score (nSPS) is 16.6. The van der Waals surface area contributed by atoms with Gasteiger partial charge in [0.1, 0.15) is 23.6 Å². The van der Waals surface area contributed by atoms with Gasteiger partial charge in [0.2, 0.25) is 5.91 Å². The van der Waals surface area contributed by atoms with E-state index in [0.717, 1.165) is 4.90 Å². The van der Waals surface area contributed by atoms with Crippen molar-refractivity contribution in [1.29, 1.82) is 0 Å². The van der Waals surface area contributed by atoms with Crippen molar-refractivity contribution in [3.05, 3.63) is 61.4 Å². The molecular weight excluding hydrogens is 733 g/mol. The van der Waals surface area contributed by atoms with Crippen LogP contribution >= 0.6 is 31.9 Å². The van der Waals surface area contributed by atoms with Crippen molar-refractivity contribution >= 4 is 61.5 Å². The van der Waals surface area contributed by atoms with E-state index in [-0.39, 0.29) is 38.1 Å². The molecule has 1 saturated heterocycles. The summed E-state index contributed by atoms with van der Waals surface area (Å²) in [5.74, 6) is -7.29. The molecule has 2 aromatic rings. The molecule has 1 heterocycles. The Kier molecular flexibility index (Phi) is 10.9. The zero-order chi connectivity index (χ0) is 32.9. The topological polar surface area (TPSA) is 212 Å². The second kappa shape index (κ2) is 14.0. The van der Waals surface area contributed by atoms with Gasteiger partial charge >= 0.3 is 24.0 Å². The summed E-state index contributed by atoms with van der Waals surface area (Å²) in [6.45, 7) is -0.628. The van der Waals surface area contributed by atoms with Crippen LogP contribution in [0.4, 0.5) is 13.2 Å². The lowest BCUT2D eigenvalue weighted by atomic mass is 9.97. The van der Waals surface area contributed by atoms with Crippen molar-refractivity contribution in [2.45, 2.75) is 36.8 Å². The Labute approximate surface area is 261 Å². The molecular formula is C25H21Br2F3N4O10. The summed E-state index contributed by atoms with van der Waals surface area (Å²) in [6, 6.07) is 1.62. The van der Waals surface area contributed by atoms with Crippen LogP contribution in [0.15, 0.2) is 50.5 Å². The van der Waals surface area contributed by atoms with Crippen molar-refractivity contribution < 1.29 is 57.2 Å². The maximum Gasteiger partial charge on any atom is 0.471 e. The van der Waals surface area contributed by atoms with Gasteiger partial charge in [-0.25, -0.2) is 9.59 Å². The predicted octanol–water partition coefficient (Wildman–Crippen LogP) is 2.78. The molecule has 1 aliphatic heterocycles. The fourth-order valence-electron chi connectivity index (χ4n) is 4.04. The third kappa shape index (κ3) is 8.01. The molecule has 4 unspecified atom stereocenters. The standard InChI is InChI=1S/C25H21Br2F3N4O10/c26-13-7-11(8-14(27)19(13)35)18(23(40)41)34-9-16(21(34)37)31-20(36)17(33-43)10-1-3-12(4-2-10)44-6-5-15(22(38)39)32-24(42)25(28,29)30/h1-4,7-8,15-18,35H,5-6,9H2,(H,31,36)(H,32,42)(H,38,39)(H,40,41). The number of aliphatic carboxylic acids is 2. The molecule has 0 radical (unpaired) electrons. The van der Waals surface area contributed by atoms with Crippen LogP contribution in [-0.2, 0) is 24.0 Å². The molecule has 2 aromatic carbocycles. The van der Waals surface area contributed by atoms with E-state index in [4.69, 9.17) is 9.84 Å². The van der Waals surface area contributed by atoms with Gasteiger partial charge in [0, 0.05) is 6.42 Å². The molecule has 1 fully saturated rings. The molecule has 0 bridgehead atoms. The van der Waals surface area contributed by atoms with Crippen LogP contribution in [0.2, 0.25) is 0 Å². The number of carbonyl (C=O) groups is 5. The summed E-state index contributed by atoms with van der Waals surface area (Å²) >= 11 is 6.20. The zero-order valence-electron chi connectivity index (χ0n) is 21.9. The predicted molar refractivity (Wildman–Crippen MR) is 148 cm³/mol. The van der Waals surface area contributed by atoms with E-state index < -0.39 is 73.0 Å². The van der Waals surface area contributed by atoms with Gasteiger partial charge in [-0.05, 0) is 67.3 Å². The summed E-state index contributed by atoms with van der Waals surface area (Å²) in [7, 11) is 0. The second-order valence-corrected chi connectivity index (χ2v) is 10.9. The SMILES string of the molecule is O=NC(C(=O)NC1CN(C(C(=O)O)c2cc(Br)c(O)c(Br)c2)C1=O)c1ccc(OCCC(NC(=O)C(F)(F)F)C(=O)O)cc1. The number of phenolic OH excluding ortho intramolecular Hbond substituents is 1. The van der Waals surface area contributed by atoms with E-state index in [9.17, 15) is 52.3 Å². The molecule has 1 aliphatic rings. The highest BCUT2D eigenvalue weighted by Crippen LogP contribution is 2.38. The number of nitrogens with zero attached hydrogens (tertiary/aromatic N) is 2. The molecule has 4 atom stereocenters. The first-order valence-corrected chi connectivity index (χ1v) is 13.8. The second-order valence-electron chi connectivity index (χ2n) is 9.20. The largest absolute Gasteiger partial charge is 0.506 e. The Hall–Kier alpha value is -4.26. The van der Waals surface area contributed by atoms with Gasteiger partial charge in [0.05, 0.1) is 22.1 Å². The van der Waals surface area contributed by atoms with E-state index in [1.165, 1.54) is 41.7 Å². The van der Waals surface area contributed by atoms with Crippen LogP contribution in [0.3, 0.4) is 0 Å². The number of benzene rings is 2. The summed E-state index contributed by atoms with van der Waals surface area (Å²) < 4.78 is 42.8. The number of β-lactam (4-membered cyclic amide) rings is 1. The number of rotatable bonds is 13. The molecule has 19 heteroatoms. The highest BCUT2D eigenvalue weighted by molar-refractivity contribution is 9.11. The number of aromatic hydroxyl groups is 1. The first-order chi connectivity index (χ1) is 20.5. The quantitative estimate of drug-likeness (QED) is 0.149. The summed E-state index contributed by atoms with van der Waals surface area (Å²) in [5.41, 5.74) is 0.225. The number of ether oxygens (including phenoxy) is 1. The molecule has 0 aromatic heterocycles. The number of amides is 3. The number of hydrogen-bond acceptors (Lipinski definition) is 9. The highest BCUT2D eigenvalue weighted by Gasteiger charge is 2.46. The molecule has 5 N–H and O–H groups in total. The fraction of sp³-hybridized carbons (Fsp3) is 0.320. The summed E-state index contributed by atoms with van der Waals surface area (Å²) in [5, 5.41) is 35.1. The lowest BCUT2D eigenvalue weighted by Crippen LogP contribution is -2.65. The zero-order valence-corrected chi connectivity index (χ0v) is 25.1. The van der Waals surface area contributed by atoms with Crippen molar-refractivity contribution in [1.82, 2.24) is 15.5 Å². The number of hydrogen-bond donors (Lipinski definition) is 5. The highest BCUT2D eigenvalue weighted by atomic mass is 79.9. The van der Waals surface area contributed by atoms with Gasteiger partial charge in [-0.15, -0.1) is 4.91 Å². The van der Waals surface area contributed by atoms with Gasteiger partial charge in [0.25, 0.3) is 5.91 Å². The molecule has 44 heavy (non-hydrogen) atoms. The Morgan fingerprint density at radius 2 is 1.64 bits per heavy atom. The van der Waals surface area contributed by atoms with Gasteiger partial charge in [-0.1, -0.05) is 17.3 Å². The third-order valence-corrected chi connectivity index (χ3v) is 7.47. The van der Waals surface area contributed by atoms with Crippen LogP contribution < -0.4 is 15.4 Å². The number of carboxylic acid groups (broad SMARTS) is 2. The first kappa shape index (κ1) is 34.2. The van der Waals surface area contributed by atoms with Crippen LogP contribution in [0.1, 0.15) is 29.6 Å². The lowest BCUT2D eigenvalue weighted by Gasteiger charge is -2.42. The Bertz CT molecular complexity index is 1450. The maximum atomic E-state index is 12.8. The first-order valence-electron chi connectivity index (χ1n) is 12.2. The summed E-state index contributed by atoms with van der Waals surface area (Å²) in [4.78, 5) is 72.1. The number of likely N-dealkylation sites (tertiary alicyclic amines) is 1. The third-order valence-electron chi connectivity index (χ3n) is 6.26. The van der Waals surface area contributed by atoms with E-state index in [1.54, 1.807) is 0 Å². The molecule has 0 saturated carbocycles. The number of nitrogens with one attached hydrogen (secondary N) is 2. The molecule has 14 nitrogen and oxygen atoms in total. The minimum absolute atomic E-state index is 0.0662. The molecule has 0 aliphatic carbocycles. The van der Waals surface area contributed by atoms with Gasteiger partial charge < -0.3 is 35.6 Å². The number of halogens is 5. The lowest BCUT2D eigenvalue weighted by molar-refractivity contribution is -0.175. The molecule has 3 amide bonds. The minimum atomic E-state index is -5.27. The van der Waals surface area contributed by atoms with Gasteiger partial charge in [-0.2, -0.15) is 13.2 Å². The summed E-state index contributed by atoms with van der Waals surface area (Å²) in [6.07, 6.45) is -5.79. The van der Waals surface area contributed by atoms with Crippen LogP contribution in [-0.4, -0.2) is 81.3 Å². The van der Waals surface area contributed by atoms with Crippen LogP contribution in [0.5, 0.6) is 11.5 Å². The van der Waals surface area contributed by atoms with Crippen molar-refractivity contribution in [2.24, 2.45) is 5.18 Å². The van der Waals surface area contributed by atoms with Crippen LogP contribution in [0, 0.1) is 4.91 Å². The Balaban J connectivity index is 1.58. The Morgan fingerprint density at radius 3 is 2.11 bits per heavy atom. The Morgan fingerprint density at radius 1 is 1.05 bits per heavy atom. The van der Waals surface area contributed by atoms with Crippen LogP contribution in [0.25, 0.3) is 0 Å². The molecule has 3 rings (SSSR count). The molecule has 236 valence electrons. The van der Waals surface area contributed by atoms with Gasteiger partial charge in [-0.3, -0.25) is 14.4 Å². The van der Waals surface area contributed by atoms with Crippen molar-refractivity contribution in [3.63, 3.8) is 0 Å². The average Bonchev–Trinajstić information content (AvgIpc) is 2.94. The molecule has 0 spiro atoms. The maximum absolute atomic E-state index is 12.8. The van der Waals surface area contributed by atoms with Gasteiger partial charge in [0.15, 0.2) is 12.1 Å². The van der Waals surface area contributed by atoms with E-state index in [0.29, 0.717) is 0 Å². The number of phenols is 1. The van der Waals surface area contributed by atoms with E-state index >= 15 is 0 Å². The number of carboxylic acids is 2. The minimum Gasteiger partial charge on any atom is -0.506 e. The monoisotopic (exact) mass is 752 g/mol. The number of alkyl halides is 3. The fourth-order valence-corrected chi connectivity index (χ4v) is 5.26. The average molecular weight is 754 g/mol. The number of nitroso groups, excluding NO2 is 1. The van der Waals surface area contributed by atoms with E-state index in [2.05, 4.69) is 42.4 Å². The number of carbonyl (C=O) groups excluding carboxylic acids is 3.